The van der Waals surface area contributed by atoms with E-state index in [1.807, 2.05) is 6.07 Å². The Morgan fingerprint density at radius 1 is 1.85 bits per heavy atom. The lowest BCUT2D eigenvalue weighted by atomic mass is 10.1. The molecule has 0 fully saturated rings. The van der Waals surface area contributed by atoms with Crippen molar-refractivity contribution in [3.63, 3.8) is 0 Å². The van der Waals surface area contributed by atoms with Gasteiger partial charge in [-0.2, -0.15) is 5.26 Å². The molecular formula is C8H8N2O3. The van der Waals surface area contributed by atoms with Crippen LogP contribution in [0.2, 0.25) is 0 Å². The van der Waals surface area contributed by atoms with Crippen LogP contribution >= 0.6 is 0 Å². The molecule has 0 saturated carbocycles. The van der Waals surface area contributed by atoms with Crippen LogP contribution < -0.4 is 5.73 Å². The molecule has 0 aliphatic carbocycles. The van der Waals surface area contributed by atoms with Gasteiger partial charge in [-0.15, -0.1) is 0 Å². The molecule has 1 aromatic heterocycles. The molecule has 0 aliphatic rings. The number of nitriles is 1. The molecule has 0 radical (unpaired) electrons. The molecule has 0 bridgehead atoms. The number of carboxylic acids is 1. The second-order valence-corrected chi connectivity index (χ2v) is 2.51. The van der Waals surface area contributed by atoms with Crippen molar-refractivity contribution in [2.45, 2.75) is 12.5 Å². The summed E-state index contributed by atoms with van der Waals surface area (Å²) < 4.78 is 4.91. The molecule has 0 aromatic carbocycles. The van der Waals surface area contributed by atoms with Crippen molar-refractivity contribution in [3.05, 3.63) is 23.7 Å². The molecule has 3 N–H and O–H groups in total. The molecule has 1 rings (SSSR count). The normalized spacial score (nSPS) is 12.0. The van der Waals surface area contributed by atoms with Crippen molar-refractivity contribution in [1.82, 2.24) is 0 Å². The lowest BCUT2D eigenvalue weighted by Gasteiger charge is -2.04. The smallest absolute Gasteiger partial charge is 0.305 e. The van der Waals surface area contributed by atoms with Crippen LogP contribution in [0.5, 0.6) is 0 Å². The zero-order valence-electron chi connectivity index (χ0n) is 6.73. The van der Waals surface area contributed by atoms with Crippen molar-refractivity contribution in [3.8, 4) is 6.07 Å². The summed E-state index contributed by atoms with van der Waals surface area (Å²) in [7, 11) is 0. The number of carboxylic acid groups (broad SMARTS) is 1. The largest absolute Gasteiger partial charge is 0.481 e. The molecule has 1 heterocycles. The van der Waals surface area contributed by atoms with Gasteiger partial charge in [0, 0.05) is 0 Å². The van der Waals surface area contributed by atoms with Gasteiger partial charge in [-0.05, 0) is 6.07 Å². The Morgan fingerprint density at radius 3 is 3.08 bits per heavy atom. The molecule has 1 atom stereocenters. The molecular weight excluding hydrogens is 172 g/mol. The van der Waals surface area contributed by atoms with E-state index >= 15 is 0 Å². The summed E-state index contributed by atoms with van der Waals surface area (Å²) in [6.45, 7) is 0. The lowest BCUT2D eigenvalue weighted by Crippen LogP contribution is -2.15. The van der Waals surface area contributed by atoms with Gasteiger partial charge < -0.3 is 15.3 Å². The summed E-state index contributed by atoms with van der Waals surface area (Å²) in [5.41, 5.74) is 5.78. The standard InChI is InChI=1S/C8H8N2O3/c9-4-5-1-2-13-8(5)6(10)3-7(11)12/h1-2,6H,3,10H2,(H,11,12). The maximum Gasteiger partial charge on any atom is 0.305 e. The molecule has 1 unspecified atom stereocenters. The highest BCUT2D eigenvalue weighted by atomic mass is 16.4. The van der Waals surface area contributed by atoms with Crippen LogP contribution in [0.1, 0.15) is 23.8 Å². The summed E-state index contributed by atoms with van der Waals surface area (Å²) in [5.74, 6) is -0.794. The third-order valence-electron chi connectivity index (χ3n) is 1.55. The fourth-order valence-corrected chi connectivity index (χ4v) is 0.981. The quantitative estimate of drug-likeness (QED) is 0.710. The molecule has 68 valence electrons. The summed E-state index contributed by atoms with van der Waals surface area (Å²) in [6, 6.07) is 2.56. The van der Waals surface area contributed by atoms with Gasteiger partial charge in [-0.1, -0.05) is 0 Å². The van der Waals surface area contributed by atoms with Gasteiger partial charge in [-0.25, -0.2) is 0 Å². The Balaban J connectivity index is 2.83. The van der Waals surface area contributed by atoms with E-state index in [0.717, 1.165) is 0 Å². The van der Waals surface area contributed by atoms with Crippen molar-refractivity contribution in [2.75, 3.05) is 0 Å². The fourth-order valence-electron chi connectivity index (χ4n) is 0.981. The third-order valence-corrected chi connectivity index (χ3v) is 1.55. The molecule has 0 spiro atoms. The van der Waals surface area contributed by atoms with Crippen molar-refractivity contribution >= 4 is 5.97 Å². The Bertz CT molecular complexity index is 351. The molecule has 13 heavy (non-hydrogen) atoms. The van der Waals surface area contributed by atoms with Crippen LogP contribution in [0, 0.1) is 11.3 Å². The average molecular weight is 180 g/mol. The Morgan fingerprint density at radius 2 is 2.54 bits per heavy atom. The number of hydrogen-bond donors (Lipinski definition) is 2. The number of aliphatic carboxylic acids is 1. The monoisotopic (exact) mass is 180 g/mol. The number of carbonyl (C=O) groups is 1. The van der Waals surface area contributed by atoms with Crippen LogP contribution in [-0.4, -0.2) is 11.1 Å². The minimum absolute atomic E-state index is 0.227. The number of rotatable bonds is 3. The van der Waals surface area contributed by atoms with Gasteiger partial charge in [0.1, 0.15) is 11.8 Å². The fraction of sp³-hybridized carbons (Fsp3) is 0.250. The van der Waals surface area contributed by atoms with E-state index in [2.05, 4.69) is 0 Å². The zero-order chi connectivity index (χ0) is 9.84. The minimum atomic E-state index is -1.02. The molecule has 0 saturated heterocycles. The van der Waals surface area contributed by atoms with E-state index in [1.54, 1.807) is 0 Å². The van der Waals surface area contributed by atoms with Gasteiger partial charge in [0.15, 0.2) is 0 Å². The van der Waals surface area contributed by atoms with Crippen molar-refractivity contribution < 1.29 is 14.3 Å². The number of nitrogens with zero attached hydrogens (tertiary/aromatic N) is 1. The number of furan rings is 1. The summed E-state index contributed by atoms with van der Waals surface area (Å²) >= 11 is 0. The SMILES string of the molecule is N#Cc1ccoc1C(N)CC(=O)O. The van der Waals surface area contributed by atoms with Crippen molar-refractivity contribution in [1.29, 1.82) is 5.26 Å². The first-order chi connectivity index (χ1) is 6.15. The van der Waals surface area contributed by atoms with E-state index in [1.165, 1.54) is 12.3 Å². The summed E-state index contributed by atoms with van der Waals surface area (Å²) in [4.78, 5) is 10.3. The van der Waals surface area contributed by atoms with Crippen LogP contribution in [0.3, 0.4) is 0 Å². The van der Waals surface area contributed by atoms with Crippen LogP contribution in [0.25, 0.3) is 0 Å². The van der Waals surface area contributed by atoms with Gasteiger partial charge in [-0.3, -0.25) is 4.79 Å². The molecule has 0 aliphatic heterocycles. The third kappa shape index (κ3) is 2.07. The summed E-state index contributed by atoms with van der Waals surface area (Å²) in [5, 5.41) is 17.0. The minimum Gasteiger partial charge on any atom is -0.481 e. The Kier molecular flexibility index (Phi) is 2.67. The van der Waals surface area contributed by atoms with E-state index in [-0.39, 0.29) is 17.7 Å². The predicted molar refractivity (Wildman–Crippen MR) is 42.6 cm³/mol. The number of hydrogen-bond acceptors (Lipinski definition) is 4. The molecule has 5 nitrogen and oxygen atoms in total. The van der Waals surface area contributed by atoms with Crippen LogP contribution in [0.15, 0.2) is 16.7 Å². The van der Waals surface area contributed by atoms with E-state index < -0.39 is 12.0 Å². The summed E-state index contributed by atoms with van der Waals surface area (Å²) in [6.07, 6.45) is 1.07. The number of nitrogens with two attached hydrogens (primary N) is 1. The van der Waals surface area contributed by atoms with Gasteiger partial charge in [0.05, 0.1) is 24.3 Å². The maximum atomic E-state index is 10.3. The van der Waals surface area contributed by atoms with E-state index in [9.17, 15) is 4.79 Å². The molecule has 5 heteroatoms. The van der Waals surface area contributed by atoms with Gasteiger partial charge >= 0.3 is 5.97 Å². The zero-order valence-corrected chi connectivity index (χ0v) is 6.73. The topological polar surface area (TPSA) is 100 Å². The lowest BCUT2D eigenvalue weighted by molar-refractivity contribution is -0.137. The molecule has 0 amide bonds. The second-order valence-electron chi connectivity index (χ2n) is 2.51. The van der Waals surface area contributed by atoms with Crippen molar-refractivity contribution in [2.24, 2.45) is 5.73 Å². The van der Waals surface area contributed by atoms with Crippen LogP contribution in [-0.2, 0) is 4.79 Å². The highest BCUT2D eigenvalue weighted by molar-refractivity contribution is 5.67. The predicted octanol–water partition coefficient (Wildman–Crippen LogP) is 0.626. The average Bonchev–Trinajstić information content (AvgIpc) is 2.49. The first-order valence-electron chi connectivity index (χ1n) is 3.60. The van der Waals surface area contributed by atoms with Gasteiger partial charge in [0.2, 0.25) is 0 Å². The second kappa shape index (κ2) is 3.74. The van der Waals surface area contributed by atoms with E-state index in [0.29, 0.717) is 0 Å². The first kappa shape index (κ1) is 9.29. The van der Waals surface area contributed by atoms with E-state index in [4.69, 9.17) is 20.5 Å². The Hall–Kier alpha value is -1.80. The molecule has 1 aromatic rings. The van der Waals surface area contributed by atoms with Gasteiger partial charge in [0.25, 0.3) is 0 Å². The highest BCUT2D eigenvalue weighted by Gasteiger charge is 2.17. The first-order valence-corrected chi connectivity index (χ1v) is 3.60. The van der Waals surface area contributed by atoms with Crippen LogP contribution in [0.4, 0.5) is 0 Å². The highest BCUT2D eigenvalue weighted by Crippen LogP contribution is 2.19. The maximum absolute atomic E-state index is 10.3. The Labute approximate surface area is 74.4 Å².